The van der Waals surface area contributed by atoms with E-state index < -0.39 is 0 Å². The zero-order chi connectivity index (χ0) is 7.84. The summed E-state index contributed by atoms with van der Waals surface area (Å²) in [4.78, 5) is 5.44. The number of aromatic nitrogens is 1. The number of aryl methyl sites for hydroxylation is 2. The Balaban J connectivity index is 2.96. The second kappa shape index (κ2) is 2.31. The summed E-state index contributed by atoms with van der Waals surface area (Å²) < 4.78 is 0. The van der Waals surface area contributed by atoms with Gasteiger partial charge in [0.2, 0.25) is 0 Å². The van der Waals surface area contributed by atoms with Crippen molar-refractivity contribution in [3.8, 4) is 0 Å². The summed E-state index contributed by atoms with van der Waals surface area (Å²) in [5, 5.41) is 3.49. The van der Waals surface area contributed by atoms with Crippen LogP contribution in [0.15, 0.2) is 17.6 Å². The lowest BCUT2D eigenvalue weighted by Gasteiger charge is -1.94. The fourth-order valence-electron chi connectivity index (χ4n) is 1.31. The molecule has 0 unspecified atom stereocenters. The Morgan fingerprint density at radius 2 is 2.09 bits per heavy atom. The van der Waals surface area contributed by atoms with E-state index in [0.717, 1.165) is 4.83 Å². The van der Waals surface area contributed by atoms with Crippen molar-refractivity contribution in [2.75, 3.05) is 0 Å². The fourth-order valence-corrected chi connectivity index (χ4v) is 2.27. The molecule has 2 heterocycles. The van der Waals surface area contributed by atoms with Gasteiger partial charge in [0.05, 0.1) is 0 Å². The summed E-state index contributed by atoms with van der Waals surface area (Å²) in [6.07, 6.45) is 1.87. The highest BCUT2D eigenvalue weighted by Crippen LogP contribution is 2.25. The van der Waals surface area contributed by atoms with E-state index in [4.69, 9.17) is 0 Å². The van der Waals surface area contributed by atoms with E-state index in [1.165, 1.54) is 16.5 Å². The van der Waals surface area contributed by atoms with E-state index in [0.29, 0.717) is 0 Å². The van der Waals surface area contributed by atoms with Crippen LogP contribution in [0.25, 0.3) is 10.2 Å². The summed E-state index contributed by atoms with van der Waals surface area (Å²) in [6, 6.07) is 2.06. The van der Waals surface area contributed by atoms with Crippen LogP contribution in [0.3, 0.4) is 0 Å². The Kier molecular flexibility index (Phi) is 1.43. The molecule has 2 aromatic heterocycles. The number of pyridine rings is 1. The molecule has 0 fully saturated rings. The minimum atomic E-state index is 1.16. The lowest BCUT2D eigenvalue weighted by atomic mass is 10.1. The zero-order valence-corrected chi connectivity index (χ0v) is 7.40. The third-order valence-corrected chi connectivity index (χ3v) is 2.87. The lowest BCUT2D eigenvalue weighted by Crippen LogP contribution is -1.77. The first-order valence-corrected chi connectivity index (χ1v) is 4.46. The number of nitrogens with zero attached hydrogens (tertiary/aromatic N) is 1. The lowest BCUT2D eigenvalue weighted by molar-refractivity contribution is 1.38. The van der Waals surface area contributed by atoms with E-state index in [1.54, 1.807) is 11.3 Å². The van der Waals surface area contributed by atoms with Crippen LogP contribution in [0.4, 0.5) is 0 Å². The summed E-state index contributed by atoms with van der Waals surface area (Å²) in [7, 11) is 0. The number of fused-ring (bicyclic) bond motifs is 1. The molecule has 2 rings (SSSR count). The first kappa shape index (κ1) is 6.80. The highest BCUT2D eigenvalue weighted by molar-refractivity contribution is 7.16. The molecule has 11 heavy (non-hydrogen) atoms. The normalized spacial score (nSPS) is 10.7. The Morgan fingerprint density at radius 3 is 2.82 bits per heavy atom. The van der Waals surface area contributed by atoms with Gasteiger partial charge in [-0.15, -0.1) is 11.3 Å². The predicted molar refractivity (Wildman–Crippen MR) is 49.1 cm³/mol. The first-order valence-electron chi connectivity index (χ1n) is 3.58. The molecular formula is C9H9NS. The topological polar surface area (TPSA) is 12.9 Å². The first-order chi connectivity index (χ1) is 5.29. The van der Waals surface area contributed by atoms with E-state index in [-0.39, 0.29) is 0 Å². The maximum Gasteiger partial charge on any atom is 0.123 e. The molecule has 0 aliphatic rings. The van der Waals surface area contributed by atoms with Gasteiger partial charge in [-0.25, -0.2) is 4.98 Å². The van der Waals surface area contributed by atoms with Crippen LogP contribution in [-0.2, 0) is 0 Å². The number of rotatable bonds is 0. The van der Waals surface area contributed by atoms with Crippen LogP contribution in [-0.4, -0.2) is 4.98 Å². The fraction of sp³-hybridized carbons (Fsp3) is 0.222. The molecule has 0 amide bonds. The Labute approximate surface area is 69.7 Å². The Bertz CT molecular complexity index is 389. The van der Waals surface area contributed by atoms with Crippen LogP contribution >= 0.6 is 11.3 Å². The summed E-state index contributed by atoms with van der Waals surface area (Å²) >= 11 is 1.72. The quantitative estimate of drug-likeness (QED) is 0.582. The van der Waals surface area contributed by atoms with E-state index in [1.807, 2.05) is 6.20 Å². The van der Waals surface area contributed by atoms with Crippen molar-refractivity contribution in [1.29, 1.82) is 0 Å². The number of thiophene rings is 1. The smallest absolute Gasteiger partial charge is 0.123 e. The molecule has 1 nitrogen and oxygen atoms in total. The Morgan fingerprint density at radius 1 is 1.27 bits per heavy atom. The molecule has 0 atom stereocenters. The predicted octanol–water partition coefficient (Wildman–Crippen LogP) is 2.91. The standard InChI is InChI=1S/C9H9NS/c1-6-3-4-10-9-8(6)7(2)5-11-9/h3-5H,1-2H3. The second-order valence-electron chi connectivity index (χ2n) is 2.73. The molecule has 0 bridgehead atoms. The third kappa shape index (κ3) is 0.942. The van der Waals surface area contributed by atoms with Gasteiger partial charge in [-0.05, 0) is 36.4 Å². The van der Waals surface area contributed by atoms with Crippen molar-refractivity contribution in [2.24, 2.45) is 0 Å². The molecular weight excluding hydrogens is 154 g/mol. The molecule has 0 N–H and O–H groups in total. The van der Waals surface area contributed by atoms with Crippen molar-refractivity contribution < 1.29 is 0 Å². The van der Waals surface area contributed by atoms with E-state index in [9.17, 15) is 0 Å². The summed E-state index contributed by atoms with van der Waals surface area (Å²) in [6.45, 7) is 4.26. The van der Waals surface area contributed by atoms with Gasteiger partial charge < -0.3 is 0 Å². The maximum atomic E-state index is 4.28. The van der Waals surface area contributed by atoms with Gasteiger partial charge in [-0.1, -0.05) is 0 Å². The molecule has 56 valence electrons. The van der Waals surface area contributed by atoms with Gasteiger partial charge in [-0.2, -0.15) is 0 Å². The minimum Gasteiger partial charge on any atom is -0.245 e. The largest absolute Gasteiger partial charge is 0.245 e. The molecule has 2 heteroatoms. The van der Waals surface area contributed by atoms with Gasteiger partial charge in [-0.3, -0.25) is 0 Å². The highest BCUT2D eigenvalue weighted by Gasteiger charge is 2.01. The summed E-state index contributed by atoms with van der Waals surface area (Å²) in [5.74, 6) is 0. The zero-order valence-electron chi connectivity index (χ0n) is 6.59. The second-order valence-corrected chi connectivity index (χ2v) is 3.58. The van der Waals surface area contributed by atoms with Gasteiger partial charge in [0.25, 0.3) is 0 Å². The van der Waals surface area contributed by atoms with Gasteiger partial charge in [0.1, 0.15) is 4.83 Å². The van der Waals surface area contributed by atoms with Crippen LogP contribution in [0, 0.1) is 13.8 Å². The van der Waals surface area contributed by atoms with Crippen LogP contribution in [0.1, 0.15) is 11.1 Å². The van der Waals surface area contributed by atoms with Crippen LogP contribution in [0.2, 0.25) is 0 Å². The van der Waals surface area contributed by atoms with Crippen molar-refractivity contribution in [1.82, 2.24) is 4.98 Å². The number of hydrogen-bond acceptors (Lipinski definition) is 2. The summed E-state index contributed by atoms with van der Waals surface area (Å²) in [5.41, 5.74) is 2.67. The van der Waals surface area contributed by atoms with E-state index in [2.05, 4.69) is 30.3 Å². The monoisotopic (exact) mass is 163 g/mol. The molecule has 0 aliphatic carbocycles. The van der Waals surface area contributed by atoms with Crippen LogP contribution < -0.4 is 0 Å². The van der Waals surface area contributed by atoms with Crippen molar-refractivity contribution in [3.63, 3.8) is 0 Å². The Hall–Kier alpha value is -0.890. The molecule has 0 saturated heterocycles. The van der Waals surface area contributed by atoms with Crippen molar-refractivity contribution >= 4 is 21.6 Å². The van der Waals surface area contributed by atoms with Crippen molar-refractivity contribution in [3.05, 3.63) is 28.8 Å². The molecule has 0 aliphatic heterocycles. The highest BCUT2D eigenvalue weighted by atomic mass is 32.1. The average molecular weight is 163 g/mol. The van der Waals surface area contributed by atoms with E-state index >= 15 is 0 Å². The molecule has 2 aromatic rings. The maximum absolute atomic E-state index is 4.28. The van der Waals surface area contributed by atoms with Crippen molar-refractivity contribution in [2.45, 2.75) is 13.8 Å². The third-order valence-electron chi connectivity index (χ3n) is 1.87. The SMILES string of the molecule is Cc1ccnc2scc(C)c12. The molecule has 0 radical (unpaired) electrons. The molecule has 0 aromatic carbocycles. The van der Waals surface area contributed by atoms with Crippen LogP contribution in [0.5, 0.6) is 0 Å². The average Bonchev–Trinajstić information content (AvgIpc) is 2.34. The molecule has 0 spiro atoms. The van der Waals surface area contributed by atoms with Gasteiger partial charge >= 0.3 is 0 Å². The number of hydrogen-bond donors (Lipinski definition) is 0. The van der Waals surface area contributed by atoms with Gasteiger partial charge in [0, 0.05) is 11.6 Å². The van der Waals surface area contributed by atoms with Gasteiger partial charge in [0.15, 0.2) is 0 Å². The molecule has 0 saturated carbocycles. The minimum absolute atomic E-state index is 1.16.